The summed E-state index contributed by atoms with van der Waals surface area (Å²) in [5.41, 5.74) is 2.48. The number of aromatic nitrogens is 3. The average molecular weight is 656 g/mol. The molecular weight excluding hydrogens is 620 g/mol. The fourth-order valence-corrected chi connectivity index (χ4v) is 10.6. The third-order valence-corrected chi connectivity index (χ3v) is 12.5. The van der Waals surface area contributed by atoms with E-state index in [1.54, 1.807) is 21.3 Å². The molecule has 1 spiro atoms. The van der Waals surface area contributed by atoms with Crippen molar-refractivity contribution < 1.29 is 19.5 Å². The number of carbonyl (C=O) groups excluding carboxylic acids is 3. The number of aliphatic hydroxyl groups is 1. The van der Waals surface area contributed by atoms with E-state index in [1.807, 2.05) is 68.4 Å². The number of carbonyl (C=O) groups is 3. The van der Waals surface area contributed by atoms with E-state index in [0.717, 1.165) is 23.0 Å². The maximum atomic E-state index is 14.4. The van der Waals surface area contributed by atoms with E-state index in [4.69, 9.17) is 0 Å². The second-order valence-corrected chi connectivity index (χ2v) is 14.2. The molecule has 222 valence electrons. The minimum Gasteiger partial charge on any atom is -0.394 e. The molecule has 1 aromatic heterocycles. The number of halogens is 1. The quantitative estimate of drug-likeness (QED) is 0.287. The first-order chi connectivity index (χ1) is 20.3. The van der Waals surface area contributed by atoms with Gasteiger partial charge in [0.1, 0.15) is 18.2 Å². The lowest BCUT2D eigenvalue weighted by Crippen LogP contribution is -2.58. The van der Waals surface area contributed by atoms with Crippen LogP contribution in [0.15, 0.2) is 54.6 Å². The predicted octanol–water partition coefficient (Wildman–Crippen LogP) is 2.69. The van der Waals surface area contributed by atoms with E-state index in [-0.39, 0.29) is 47.0 Å². The Morgan fingerprint density at radius 3 is 2.62 bits per heavy atom. The van der Waals surface area contributed by atoms with Gasteiger partial charge in [-0.3, -0.25) is 14.4 Å². The van der Waals surface area contributed by atoms with E-state index in [1.165, 1.54) is 0 Å². The van der Waals surface area contributed by atoms with Crippen molar-refractivity contribution in [2.24, 2.45) is 17.8 Å². The number of alkyl halides is 1. The highest BCUT2D eigenvalue weighted by Gasteiger charge is 2.76. The summed E-state index contributed by atoms with van der Waals surface area (Å²) < 4.78 is 0.814. The van der Waals surface area contributed by atoms with E-state index >= 15 is 0 Å². The first-order valence-corrected chi connectivity index (χ1v) is 16.2. The highest BCUT2D eigenvalue weighted by molar-refractivity contribution is 9.09. The summed E-state index contributed by atoms with van der Waals surface area (Å²) in [6.45, 7) is 4.17. The zero-order valence-corrected chi connectivity index (χ0v) is 25.9. The van der Waals surface area contributed by atoms with Gasteiger partial charge in [0.15, 0.2) is 0 Å². The van der Waals surface area contributed by atoms with Gasteiger partial charge in [-0.05, 0) is 30.0 Å². The fourth-order valence-electron chi connectivity index (χ4n) is 7.02. The van der Waals surface area contributed by atoms with Crippen LogP contribution in [0.3, 0.4) is 0 Å². The molecule has 3 aliphatic heterocycles. The molecule has 12 heteroatoms. The van der Waals surface area contributed by atoms with Crippen LogP contribution in [0, 0.1) is 17.8 Å². The standard InChI is InChI=1S/C30H35BrN6O4S/c1-3-17(2)22(15-38)37-26(28(40)33-16-36-21-12-8-7-11-20(21)34-35-36)30-13-19(31)25(42-30)23(24(30)29(37)41)27(39)32-14-18-9-5-4-6-10-18/h4-12,17,19,22-26,38H,3,13-16H2,1-2H3,(H,32,39)(H,33,40)/t17-,19?,22-,23-,24-,25-,26?,30?/m0/s1. The molecule has 2 bridgehead atoms. The fraction of sp³-hybridized carbons (Fsp3) is 0.500. The Balaban J connectivity index is 1.32. The van der Waals surface area contributed by atoms with Crippen molar-refractivity contribution in [2.45, 2.75) is 66.8 Å². The molecule has 42 heavy (non-hydrogen) atoms. The second kappa shape index (κ2) is 11.6. The molecule has 3 saturated heterocycles. The number of nitrogens with one attached hydrogen (secondary N) is 2. The number of rotatable bonds is 10. The molecule has 0 radical (unpaired) electrons. The van der Waals surface area contributed by atoms with Gasteiger partial charge >= 0.3 is 0 Å². The lowest BCUT2D eigenvalue weighted by molar-refractivity contribution is -0.144. The van der Waals surface area contributed by atoms with Gasteiger partial charge in [0.25, 0.3) is 0 Å². The Bertz CT molecular complexity index is 1490. The molecule has 6 rings (SSSR count). The number of aliphatic hydroxyl groups excluding tert-OH is 1. The number of benzene rings is 2. The van der Waals surface area contributed by atoms with Gasteiger partial charge in [-0.25, -0.2) is 4.68 Å². The molecule has 0 aliphatic carbocycles. The van der Waals surface area contributed by atoms with E-state index < -0.39 is 28.7 Å². The number of hydrogen-bond donors (Lipinski definition) is 3. The number of nitrogens with zero attached hydrogens (tertiary/aromatic N) is 4. The van der Waals surface area contributed by atoms with Crippen LogP contribution in [0.2, 0.25) is 0 Å². The number of fused-ring (bicyclic) bond motifs is 2. The average Bonchev–Trinajstić information content (AvgIpc) is 3.73. The Kier molecular flexibility index (Phi) is 8.05. The first kappa shape index (κ1) is 29.1. The van der Waals surface area contributed by atoms with E-state index in [9.17, 15) is 19.5 Å². The molecule has 3 fully saturated rings. The SMILES string of the molecule is CC[C@H](C)[C@H](CO)N1C(=O)[C@@H]2[C@H](C(=O)NCc3ccccc3)[C@H]3SC2(CC3Br)C1C(=O)NCn1nnc2ccccc21. The van der Waals surface area contributed by atoms with Crippen molar-refractivity contribution in [3.8, 4) is 0 Å². The molecule has 3 aromatic rings. The molecule has 0 saturated carbocycles. The van der Waals surface area contributed by atoms with Crippen LogP contribution >= 0.6 is 27.7 Å². The summed E-state index contributed by atoms with van der Waals surface area (Å²) >= 11 is 5.39. The predicted molar refractivity (Wildman–Crippen MR) is 163 cm³/mol. The van der Waals surface area contributed by atoms with Crippen molar-refractivity contribution in [3.63, 3.8) is 0 Å². The van der Waals surface area contributed by atoms with Crippen LogP contribution < -0.4 is 10.6 Å². The summed E-state index contributed by atoms with van der Waals surface area (Å²) in [6, 6.07) is 15.8. The van der Waals surface area contributed by atoms with Crippen LogP contribution in [0.1, 0.15) is 32.3 Å². The lowest BCUT2D eigenvalue weighted by Gasteiger charge is -2.39. The van der Waals surface area contributed by atoms with Crippen LogP contribution in [-0.2, 0) is 27.6 Å². The summed E-state index contributed by atoms with van der Waals surface area (Å²) in [4.78, 5) is 44.0. The highest BCUT2D eigenvalue weighted by Crippen LogP contribution is 2.68. The van der Waals surface area contributed by atoms with Crippen molar-refractivity contribution in [1.82, 2.24) is 30.5 Å². The number of thioether (sulfide) groups is 1. The minimum atomic E-state index is -0.849. The molecule has 8 atom stereocenters. The number of likely N-dealkylation sites (tertiary alicyclic amines) is 1. The molecule has 3 N–H and O–H groups in total. The first-order valence-electron chi connectivity index (χ1n) is 14.4. The van der Waals surface area contributed by atoms with Gasteiger partial charge in [-0.2, -0.15) is 0 Å². The van der Waals surface area contributed by atoms with Gasteiger partial charge in [0.2, 0.25) is 17.7 Å². The zero-order valence-electron chi connectivity index (χ0n) is 23.5. The van der Waals surface area contributed by atoms with Crippen LogP contribution in [0.5, 0.6) is 0 Å². The molecular formula is C30H35BrN6O4S. The van der Waals surface area contributed by atoms with Gasteiger partial charge in [0.05, 0.1) is 34.7 Å². The van der Waals surface area contributed by atoms with Gasteiger partial charge in [-0.15, -0.1) is 16.9 Å². The molecule has 10 nitrogen and oxygen atoms in total. The maximum absolute atomic E-state index is 14.4. The van der Waals surface area contributed by atoms with Crippen molar-refractivity contribution >= 4 is 56.4 Å². The maximum Gasteiger partial charge on any atom is 0.245 e. The number of hydrogen-bond acceptors (Lipinski definition) is 7. The largest absolute Gasteiger partial charge is 0.394 e. The monoisotopic (exact) mass is 654 g/mol. The summed E-state index contributed by atoms with van der Waals surface area (Å²) in [5.74, 6) is -2.03. The third kappa shape index (κ3) is 4.71. The van der Waals surface area contributed by atoms with Crippen LogP contribution in [-0.4, -0.2) is 76.2 Å². The number of amides is 3. The summed E-state index contributed by atoms with van der Waals surface area (Å²) in [7, 11) is 0. The molecule has 3 aliphatic rings. The van der Waals surface area contributed by atoms with Gasteiger partial charge in [-0.1, -0.05) is 83.9 Å². The second-order valence-electron chi connectivity index (χ2n) is 11.5. The summed E-state index contributed by atoms with van der Waals surface area (Å²) in [6.07, 6.45) is 1.30. The zero-order chi connectivity index (χ0) is 29.6. The van der Waals surface area contributed by atoms with E-state index in [0.29, 0.717) is 13.0 Å². The Hall–Kier alpha value is -2.96. The highest BCUT2D eigenvalue weighted by atomic mass is 79.9. The van der Waals surface area contributed by atoms with Crippen molar-refractivity contribution in [3.05, 3.63) is 60.2 Å². The smallest absolute Gasteiger partial charge is 0.245 e. The van der Waals surface area contributed by atoms with Crippen molar-refractivity contribution in [2.75, 3.05) is 6.61 Å². The van der Waals surface area contributed by atoms with Crippen molar-refractivity contribution in [1.29, 1.82) is 0 Å². The minimum absolute atomic E-state index is 0.0373. The Labute approximate surface area is 257 Å². The topological polar surface area (TPSA) is 129 Å². The van der Waals surface area contributed by atoms with E-state index in [2.05, 4.69) is 36.9 Å². The number of para-hydroxylation sites is 1. The molecule has 3 amide bonds. The Morgan fingerprint density at radius 2 is 1.88 bits per heavy atom. The molecule has 2 aromatic carbocycles. The normalized spacial score (nSPS) is 29.5. The van der Waals surface area contributed by atoms with Crippen LogP contribution in [0.25, 0.3) is 11.0 Å². The summed E-state index contributed by atoms with van der Waals surface area (Å²) in [5, 5.41) is 24.8. The van der Waals surface area contributed by atoms with Gasteiger partial charge < -0.3 is 20.6 Å². The molecule has 3 unspecified atom stereocenters. The molecule has 4 heterocycles. The Morgan fingerprint density at radius 1 is 1.14 bits per heavy atom. The van der Waals surface area contributed by atoms with Crippen LogP contribution in [0.4, 0.5) is 0 Å². The third-order valence-electron chi connectivity index (χ3n) is 9.26. The lowest BCUT2D eigenvalue weighted by atomic mass is 9.70. The van der Waals surface area contributed by atoms with Gasteiger partial charge in [0, 0.05) is 16.6 Å².